The summed E-state index contributed by atoms with van der Waals surface area (Å²) in [7, 11) is 0. The number of halogens is 3. The van der Waals surface area contributed by atoms with Crippen molar-refractivity contribution in [2.24, 2.45) is 0 Å². The standard InChI is InChI=1S/C21H14F3N3/c1-13-6-11-18(20-25-12-15-4-2-3-5-17(15)27-20)26-19(13)14-7-9-16(10-8-14)21(22,23)24/h2-12H,1H3. The van der Waals surface area contributed by atoms with Gasteiger partial charge in [0.2, 0.25) is 0 Å². The molecule has 0 N–H and O–H groups in total. The molecule has 4 aromatic rings. The Kier molecular flexibility index (Phi) is 4.11. The minimum Gasteiger partial charge on any atom is -0.244 e. The Balaban J connectivity index is 1.76. The zero-order valence-corrected chi connectivity index (χ0v) is 14.3. The molecule has 6 heteroatoms. The van der Waals surface area contributed by atoms with Gasteiger partial charge in [0.05, 0.1) is 16.8 Å². The normalized spacial score (nSPS) is 11.7. The van der Waals surface area contributed by atoms with E-state index >= 15 is 0 Å². The minimum absolute atomic E-state index is 0.474. The SMILES string of the molecule is Cc1ccc(-c2ncc3ccccc3n2)nc1-c1ccc(C(F)(F)F)cc1. The number of aryl methyl sites for hydroxylation is 1. The van der Waals surface area contributed by atoms with Crippen molar-refractivity contribution in [2.75, 3.05) is 0 Å². The second-order valence-corrected chi connectivity index (χ2v) is 6.19. The van der Waals surface area contributed by atoms with Crippen molar-refractivity contribution in [3.8, 4) is 22.8 Å². The van der Waals surface area contributed by atoms with Crippen molar-refractivity contribution in [1.29, 1.82) is 0 Å². The first-order chi connectivity index (χ1) is 12.9. The number of hydrogen-bond acceptors (Lipinski definition) is 3. The largest absolute Gasteiger partial charge is 0.416 e. The molecule has 2 aromatic heterocycles. The summed E-state index contributed by atoms with van der Waals surface area (Å²) in [6.45, 7) is 1.87. The van der Waals surface area contributed by atoms with Crippen LogP contribution >= 0.6 is 0 Å². The molecular formula is C21H14F3N3. The quantitative estimate of drug-likeness (QED) is 0.458. The Morgan fingerprint density at radius 1 is 0.815 bits per heavy atom. The molecule has 0 saturated carbocycles. The lowest BCUT2D eigenvalue weighted by atomic mass is 10.0. The predicted molar refractivity (Wildman–Crippen MR) is 97.9 cm³/mol. The van der Waals surface area contributed by atoms with Gasteiger partial charge in [-0.2, -0.15) is 13.2 Å². The van der Waals surface area contributed by atoms with Crippen LogP contribution in [0.25, 0.3) is 33.7 Å². The Morgan fingerprint density at radius 3 is 2.30 bits per heavy atom. The summed E-state index contributed by atoms with van der Waals surface area (Å²) in [5.74, 6) is 0.474. The lowest BCUT2D eigenvalue weighted by molar-refractivity contribution is -0.137. The molecule has 0 aliphatic carbocycles. The molecule has 2 aromatic carbocycles. The molecule has 0 saturated heterocycles. The van der Waals surface area contributed by atoms with Crippen molar-refractivity contribution in [3.63, 3.8) is 0 Å². The molecule has 0 unspecified atom stereocenters. The van der Waals surface area contributed by atoms with Crippen LogP contribution < -0.4 is 0 Å². The molecule has 134 valence electrons. The van der Waals surface area contributed by atoms with Crippen LogP contribution in [0, 0.1) is 6.92 Å². The fourth-order valence-corrected chi connectivity index (χ4v) is 2.86. The van der Waals surface area contributed by atoms with E-state index in [1.54, 1.807) is 6.20 Å². The van der Waals surface area contributed by atoms with Crippen LogP contribution in [0.2, 0.25) is 0 Å². The van der Waals surface area contributed by atoms with Crippen LogP contribution in [-0.4, -0.2) is 15.0 Å². The van der Waals surface area contributed by atoms with Crippen LogP contribution in [0.5, 0.6) is 0 Å². The van der Waals surface area contributed by atoms with E-state index in [1.807, 2.05) is 43.3 Å². The molecule has 4 rings (SSSR count). The number of nitrogens with zero attached hydrogens (tertiary/aromatic N) is 3. The summed E-state index contributed by atoms with van der Waals surface area (Å²) >= 11 is 0. The zero-order valence-electron chi connectivity index (χ0n) is 14.3. The topological polar surface area (TPSA) is 38.7 Å². The maximum Gasteiger partial charge on any atom is 0.416 e. The number of para-hydroxylation sites is 1. The van der Waals surface area contributed by atoms with Crippen molar-refractivity contribution in [1.82, 2.24) is 15.0 Å². The van der Waals surface area contributed by atoms with E-state index in [0.717, 1.165) is 28.6 Å². The van der Waals surface area contributed by atoms with Gasteiger partial charge in [-0.15, -0.1) is 0 Å². The molecule has 0 radical (unpaired) electrons. The molecule has 0 aliphatic heterocycles. The van der Waals surface area contributed by atoms with Crippen molar-refractivity contribution in [2.45, 2.75) is 13.1 Å². The van der Waals surface area contributed by atoms with Gasteiger partial charge in [-0.1, -0.05) is 36.4 Å². The highest BCUT2D eigenvalue weighted by Crippen LogP contribution is 2.31. The average Bonchev–Trinajstić information content (AvgIpc) is 2.67. The maximum absolute atomic E-state index is 12.8. The van der Waals surface area contributed by atoms with E-state index < -0.39 is 11.7 Å². The molecule has 27 heavy (non-hydrogen) atoms. The van der Waals surface area contributed by atoms with Crippen LogP contribution in [0.3, 0.4) is 0 Å². The average molecular weight is 365 g/mol. The highest BCUT2D eigenvalue weighted by Gasteiger charge is 2.30. The number of fused-ring (bicyclic) bond motifs is 1. The third kappa shape index (κ3) is 3.38. The van der Waals surface area contributed by atoms with Gasteiger partial charge >= 0.3 is 6.18 Å². The Bertz CT molecular complexity index is 1120. The van der Waals surface area contributed by atoms with E-state index in [-0.39, 0.29) is 0 Å². The van der Waals surface area contributed by atoms with Gasteiger partial charge in [-0.05, 0) is 36.8 Å². The summed E-state index contributed by atoms with van der Waals surface area (Å²) in [6.07, 6.45) is -2.63. The maximum atomic E-state index is 12.8. The Morgan fingerprint density at radius 2 is 1.56 bits per heavy atom. The molecule has 0 atom stereocenters. The summed E-state index contributed by atoms with van der Waals surface area (Å²) < 4.78 is 38.3. The zero-order chi connectivity index (χ0) is 19.0. The van der Waals surface area contributed by atoms with E-state index in [9.17, 15) is 13.2 Å². The Labute approximate surface area is 153 Å². The van der Waals surface area contributed by atoms with E-state index in [0.29, 0.717) is 22.8 Å². The highest BCUT2D eigenvalue weighted by molar-refractivity contribution is 5.79. The number of aromatic nitrogens is 3. The molecule has 3 nitrogen and oxygen atoms in total. The van der Waals surface area contributed by atoms with Gasteiger partial charge in [-0.3, -0.25) is 0 Å². The highest BCUT2D eigenvalue weighted by atomic mass is 19.4. The van der Waals surface area contributed by atoms with Gasteiger partial charge in [0.15, 0.2) is 5.82 Å². The molecule has 2 heterocycles. The van der Waals surface area contributed by atoms with Gasteiger partial charge in [0, 0.05) is 17.1 Å². The molecule has 0 fully saturated rings. The van der Waals surface area contributed by atoms with Crippen molar-refractivity contribution < 1.29 is 13.2 Å². The lowest BCUT2D eigenvalue weighted by Gasteiger charge is -2.10. The van der Waals surface area contributed by atoms with E-state index in [1.165, 1.54) is 12.1 Å². The van der Waals surface area contributed by atoms with Gasteiger partial charge < -0.3 is 0 Å². The molecule has 0 aliphatic rings. The number of hydrogen-bond donors (Lipinski definition) is 0. The first-order valence-electron chi connectivity index (χ1n) is 8.29. The van der Waals surface area contributed by atoms with Crippen LogP contribution in [0.1, 0.15) is 11.1 Å². The summed E-state index contributed by atoms with van der Waals surface area (Å²) in [5, 5.41) is 0.927. The fourth-order valence-electron chi connectivity index (χ4n) is 2.86. The number of benzene rings is 2. The monoisotopic (exact) mass is 365 g/mol. The third-order valence-corrected chi connectivity index (χ3v) is 4.30. The van der Waals surface area contributed by atoms with Crippen molar-refractivity contribution in [3.05, 3.63) is 78.0 Å². The minimum atomic E-state index is -4.36. The number of pyridine rings is 1. The first kappa shape index (κ1) is 17.1. The second-order valence-electron chi connectivity index (χ2n) is 6.19. The third-order valence-electron chi connectivity index (χ3n) is 4.30. The van der Waals surface area contributed by atoms with Gasteiger partial charge in [0.25, 0.3) is 0 Å². The Hall–Kier alpha value is -3.28. The summed E-state index contributed by atoms with van der Waals surface area (Å²) in [5.41, 5.74) is 2.78. The summed E-state index contributed by atoms with van der Waals surface area (Å²) in [6, 6.07) is 16.3. The molecule has 0 spiro atoms. The lowest BCUT2D eigenvalue weighted by Crippen LogP contribution is -2.04. The summed E-state index contributed by atoms with van der Waals surface area (Å²) in [4.78, 5) is 13.5. The molecular weight excluding hydrogens is 351 g/mol. The molecule has 0 amide bonds. The van der Waals surface area contributed by atoms with E-state index in [2.05, 4.69) is 15.0 Å². The number of rotatable bonds is 2. The second kappa shape index (κ2) is 6.46. The van der Waals surface area contributed by atoms with Crippen LogP contribution in [-0.2, 0) is 6.18 Å². The van der Waals surface area contributed by atoms with Gasteiger partial charge in [-0.25, -0.2) is 15.0 Å². The van der Waals surface area contributed by atoms with Gasteiger partial charge in [0.1, 0.15) is 5.69 Å². The first-order valence-corrected chi connectivity index (χ1v) is 8.29. The van der Waals surface area contributed by atoms with Crippen LogP contribution in [0.15, 0.2) is 66.9 Å². The number of alkyl halides is 3. The predicted octanol–water partition coefficient (Wildman–Crippen LogP) is 5.69. The fraction of sp³-hybridized carbons (Fsp3) is 0.0952. The molecule has 0 bridgehead atoms. The smallest absolute Gasteiger partial charge is 0.244 e. The van der Waals surface area contributed by atoms with Crippen LogP contribution in [0.4, 0.5) is 13.2 Å². The van der Waals surface area contributed by atoms with E-state index in [4.69, 9.17) is 0 Å². The van der Waals surface area contributed by atoms with Crippen molar-refractivity contribution >= 4 is 10.9 Å².